The Morgan fingerprint density at radius 2 is 2.00 bits per heavy atom. The van der Waals surface area contributed by atoms with E-state index >= 15 is 0 Å². The minimum Gasteiger partial charge on any atom is -1.00 e. The number of carboxylic acids is 1. The third-order valence-electron chi connectivity index (χ3n) is 1.88. The zero-order valence-electron chi connectivity index (χ0n) is 9.95. The summed E-state index contributed by atoms with van der Waals surface area (Å²) in [6, 6.07) is 7.17. The average molecular weight is 202 g/mol. The van der Waals surface area contributed by atoms with Gasteiger partial charge in [-0.3, -0.25) is 0 Å². The number of rotatable bonds is 3. The van der Waals surface area contributed by atoms with Crippen molar-refractivity contribution in [1.82, 2.24) is 0 Å². The van der Waals surface area contributed by atoms with E-state index in [1.807, 2.05) is 12.1 Å². The Balaban J connectivity index is 0. The molecule has 0 amide bonds. The summed E-state index contributed by atoms with van der Waals surface area (Å²) in [7, 11) is 0. The fourth-order valence-corrected chi connectivity index (χ4v) is 1.35. The maximum atomic E-state index is 10.8. The van der Waals surface area contributed by atoms with Crippen LogP contribution in [-0.2, 0) is 6.42 Å². The molecule has 0 radical (unpaired) electrons. The van der Waals surface area contributed by atoms with Crippen LogP contribution in [-0.4, -0.2) is 11.1 Å². The third-order valence-corrected chi connectivity index (χ3v) is 1.88. The fourth-order valence-electron chi connectivity index (χ4n) is 1.35. The SMILES string of the molecule is CC(C)Cc1ccccc1C(=O)O.[H-].[Na+]. The van der Waals surface area contributed by atoms with Crippen LogP contribution < -0.4 is 29.6 Å². The molecule has 0 aliphatic rings. The molecule has 72 valence electrons. The summed E-state index contributed by atoms with van der Waals surface area (Å²) >= 11 is 0. The molecule has 1 N–H and O–H groups in total. The molecule has 0 atom stereocenters. The van der Waals surface area contributed by atoms with Crippen LogP contribution in [0.25, 0.3) is 0 Å². The van der Waals surface area contributed by atoms with Gasteiger partial charge in [-0.2, -0.15) is 0 Å². The number of carboxylic acid groups (broad SMARTS) is 1. The smallest absolute Gasteiger partial charge is 1.00 e. The van der Waals surface area contributed by atoms with E-state index in [4.69, 9.17) is 5.11 Å². The molecule has 1 rings (SSSR count). The van der Waals surface area contributed by atoms with E-state index < -0.39 is 5.97 Å². The second-order valence-corrected chi connectivity index (χ2v) is 3.56. The Morgan fingerprint density at radius 1 is 1.43 bits per heavy atom. The minimum atomic E-state index is -0.837. The van der Waals surface area contributed by atoms with E-state index in [2.05, 4.69) is 13.8 Å². The normalized spacial score (nSPS) is 9.64. The van der Waals surface area contributed by atoms with Gasteiger partial charge < -0.3 is 6.53 Å². The maximum Gasteiger partial charge on any atom is 1.00 e. The second kappa shape index (κ2) is 6.23. The van der Waals surface area contributed by atoms with Crippen LogP contribution in [0.5, 0.6) is 0 Å². The van der Waals surface area contributed by atoms with E-state index in [1.54, 1.807) is 12.1 Å². The van der Waals surface area contributed by atoms with Crippen molar-refractivity contribution in [3.05, 3.63) is 35.4 Å². The van der Waals surface area contributed by atoms with Crippen molar-refractivity contribution in [1.29, 1.82) is 0 Å². The summed E-state index contributed by atoms with van der Waals surface area (Å²) in [5, 5.41) is 8.88. The zero-order chi connectivity index (χ0) is 9.84. The van der Waals surface area contributed by atoms with Gasteiger partial charge in [0, 0.05) is 0 Å². The molecule has 0 aliphatic heterocycles. The fraction of sp³-hybridized carbons (Fsp3) is 0.364. The summed E-state index contributed by atoms with van der Waals surface area (Å²) in [6.45, 7) is 4.16. The topological polar surface area (TPSA) is 37.3 Å². The average Bonchev–Trinajstić information content (AvgIpc) is 2.03. The van der Waals surface area contributed by atoms with Gasteiger partial charge in [-0.25, -0.2) is 4.79 Å². The van der Waals surface area contributed by atoms with E-state index in [0.29, 0.717) is 11.5 Å². The third kappa shape index (κ3) is 3.82. The number of aromatic carboxylic acids is 1. The minimum absolute atomic E-state index is 0. The van der Waals surface area contributed by atoms with Gasteiger partial charge in [0.05, 0.1) is 5.56 Å². The number of carbonyl (C=O) groups is 1. The van der Waals surface area contributed by atoms with E-state index in [-0.39, 0.29) is 31.0 Å². The van der Waals surface area contributed by atoms with Crippen molar-refractivity contribution in [3.8, 4) is 0 Å². The molecule has 0 aliphatic carbocycles. The number of hydrogen-bond donors (Lipinski definition) is 1. The zero-order valence-corrected chi connectivity index (χ0v) is 10.9. The van der Waals surface area contributed by atoms with Crippen LogP contribution in [0.1, 0.15) is 31.2 Å². The quantitative estimate of drug-likeness (QED) is 0.683. The van der Waals surface area contributed by atoms with Crippen LogP contribution in [0.15, 0.2) is 24.3 Å². The van der Waals surface area contributed by atoms with Gasteiger partial charge >= 0.3 is 35.5 Å². The van der Waals surface area contributed by atoms with Crippen molar-refractivity contribution in [2.24, 2.45) is 5.92 Å². The Hall–Kier alpha value is -0.310. The molecule has 3 heteroatoms. The summed E-state index contributed by atoms with van der Waals surface area (Å²) in [4.78, 5) is 10.8. The summed E-state index contributed by atoms with van der Waals surface area (Å²) in [5.41, 5.74) is 1.35. The number of hydrogen-bond acceptors (Lipinski definition) is 1. The molecule has 0 aromatic heterocycles. The Bertz CT molecular complexity index is 313. The largest absolute Gasteiger partial charge is 1.00 e. The van der Waals surface area contributed by atoms with Crippen molar-refractivity contribution >= 4 is 5.97 Å². The van der Waals surface area contributed by atoms with Gasteiger partial charge in [-0.15, -0.1) is 0 Å². The first-order valence-corrected chi connectivity index (χ1v) is 4.42. The van der Waals surface area contributed by atoms with Crippen molar-refractivity contribution in [2.75, 3.05) is 0 Å². The molecule has 2 nitrogen and oxygen atoms in total. The van der Waals surface area contributed by atoms with Gasteiger partial charge in [0.25, 0.3) is 0 Å². The molecule has 0 saturated heterocycles. The molecule has 0 bridgehead atoms. The number of benzene rings is 1. The van der Waals surface area contributed by atoms with E-state index in [1.165, 1.54) is 0 Å². The van der Waals surface area contributed by atoms with Crippen LogP contribution in [0, 0.1) is 5.92 Å². The Kier molecular flexibility index (Phi) is 6.09. The summed E-state index contributed by atoms with van der Waals surface area (Å²) in [5.74, 6) is -0.350. The molecule has 0 unspecified atom stereocenters. The molecular weight excluding hydrogens is 187 g/mol. The predicted molar refractivity (Wildman–Crippen MR) is 53.1 cm³/mol. The van der Waals surface area contributed by atoms with Crippen LogP contribution in [0.4, 0.5) is 0 Å². The monoisotopic (exact) mass is 202 g/mol. The molecule has 0 heterocycles. The molecule has 0 spiro atoms. The van der Waals surface area contributed by atoms with Crippen LogP contribution in [0.3, 0.4) is 0 Å². The van der Waals surface area contributed by atoms with Crippen molar-refractivity contribution in [2.45, 2.75) is 20.3 Å². The molecule has 0 saturated carbocycles. The van der Waals surface area contributed by atoms with Crippen LogP contribution in [0.2, 0.25) is 0 Å². The van der Waals surface area contributed by atoms with E-state index in [0.717, 1.165) is 12.0 Å². The molecule has 1 aromatic rings. The second-order valence-electron chi connectivity index (χ2n) is 3.56. The van der Waals surface area contributed by atoms with Gasteiger partial charge in [-0.1, -0.05) is 32.0 Å². The van der Waals surface area contributed by atoms with Crippen LogP contribution >= 0.6 is 0 Å². The van der Waals surface area contributed by atoms with E-state index in [9.17, 15) is 4.79 Å². The first-order valence-electron chi connectivity index (χ1n) is 4.42. The van der Waals surface area contributed by atoms with Crippen molar-refractivity contribution < 1.29 is 40.9 Å². The summed E-state index contributed by atoms with van der Waals surface area (Å²) < 4.78 is 0. The molecule has 14 heavy (non-hydrogen) atoms. The van der Waals surface area contributed by atoms with Gasteiger partial charge in [0.2, 0.25) is 0 Å². The summed E-state index contributed by atoms with van der Waals surface area (Å²) in [6.07, 6.45) is 0.822. The first kappa shape index (κ1) is 13.7. The molecular formula is C11H15NaO2. The van der Waals surface area contributed by atoms with Gasteiger partial charge in [-0.05, 0) is 24.0 Å². The standard InChI is InChI=1S/C11H14O2.Na.H/c1-8(2)7-9-5-3-4-6-10(9)11(12)13;;/h3-6,8H,7H2,1-2H3,(H,12,13);;/q;+1;-1. The Labute approximate surface area is 108 Å². The predicted octanol–water partition coefficient (Wildman–Crippen LogP) is -0.300. The molecule has 0 fully saturated rings. The maximum absolute atomic E-state index is 10.8. The Morgan fingerprint density at radius 3 is 2.50 bits per heavy atom. The van der Waals surface area contributed by atoms with Crippen molar-refractivity contribution in [3.63, 3.8) is 0 Å². The van der Waals surface area contributed by atoms with Gasteiger partial charge in [0.15, 0.2) is 0 Å². The van der Waals surface area contributed by atoms with Gasteiger partial charge in [0.1, 0.15) is 0 Å². The first-order chi connectivity index (χ1) is 6.11. The molecule has 1 aromatic carbocycles.